The number of carbonyl (C=O) groups excluding carboxylic acids is 2. The fourth-order valence-electron chi connectivity index (χ4n) is 0.891. The van der Waals surface area contributed by atoms with Crippen LogP contribution >= 0.6 is 11.5 Å². The normalized spacial score (nSPS) is 15.3. The van der Waals surface area contributed by atoms with Crippen LogP contribution in [0, 0.1) is 0 Å². The summed E-state index contributed by atoms with van der Waals surface area (Å²) in [4.78, 5) is 22.3. The zero-order valence-corrected chi connectivity index (χ0v) is 6.22. The van der Waals surface area contributed by atoms with Crippen LogP contribution in [0.5, 0.6) is 0 Å². The Balaban J connectivity index is 2.66. The lowest BCUT2D eigenvalue weighted by Crippen LogP contribution is -2.13. The van der Waals surface area contributed by atoms with E-state index >= 15 is 0 Å². The first-order valence-corrected chi connectivity index (χ1v) is 3.78. The molecule has 0 spiro atoms. The number of ketones is 2. The predicted molar refractivity (Wildman–Crippen MR) is 40.5 cm³/mol. The van der Waals surface area contributed by atoms with Gasteiger partial charge in [0.15, 0.2) is 0 Å². The average Bonchev–Trinajstić information content (AvgIpc) is 2.45. The van der Waals surface area contributed by atoms with Crippen molar-refractivity contribution in [3.05, 3.63) is 22.7 Å². The highest BCUT2D eigenvalue weighted by Gasteiger charge is 2.22. The first-order chi connectivity index (χ1) is 5.29. The fraction of sp³-hybridized carbons (Fsp3) is 0. The molecule has 0 saturated heterocycles. The van der Waals surface area contributed by atoms with Crippen molar-refractivity contribution in [1.29, 1.82) is 0 Å². The molecule has 3 nitrogen and oxygen atoms in total. The molecule has 0 aromatic carbocycles. The minimum absolute atomic E-state index is 0.440. The highest BCUT2D eigenvalue weighted by Crippen LogP contribution is 2.19. The van der Waals surface area contributed by atoms with Gasteiger partial charge < -0.3 is 0 Å². The molecule has 0 fully saturated rings. The van der Waals surface area contributed by atoms with Crippen molar-refractivity contribution in [3.63, 3.8) is 0 Å². The molecule has 1 aliphatic carbocycles. The molecule has 54 valence electrons. The molecule has 2 rings (SSSR count). The van der Waals surface area contributed by atoms with Crippen LogP contribution in [0.3, 0.4) is 0 Å². The molecule has 4 heteroatoms. The molecule has 0 unspecified atom stereocenters. The van der Waals surface area contributed by atoms with Crippen molar-refractivity contribution in [1.82, 2.24) is 4.37 Å². The lowest BCUT2D eigenvalue weighted by molar-refractivity contribution is -0.110. The number of fused-ring (bicyclic) bond motifs is 1. The summed E-state index contributed by atoms with van der Waals surface area (Å²) in [5, 5.41) is 0. The van der Waals surface area contributed by atoms with E-state index in [2.05, 4.69) is 4.37 Å². The number of hydrogen-bond donors (Lipinski definition) is 0. The highest BCUT2D eigenvalue weighted by molar-refractivity contribution is 7.09. The van der Waals surface area contributed by atoms with E-state index in [4.69, 9.17) is 0 Å². The molecule has 11 heavy (non-hydrogen) atoms. The minimum atomic E-state index is -0.457. The molecule has 1 heterocycles. The zero-order chi connectivity index (χ0) is 7.84. The van der Waals surface area contributed by atoms with Gasteiger partial charge in [-0.2, -0.15) is 4.37 Å². The highest BCUT2D eigenvalue weighted by atomic mass is 32.1. The number of hydrogen-bond acceptors (Lipinski definition) is 4. The summed E-state index contributed by atoms with van der Waals surface area (Å²) in [5.74, 6) is -0.897. The molecule has 0 saturated carbocycles. The van der Waals surface area contributed by atoms with Crippen molar-refractivity contribution >= 4 is 29.2 Å². The van der Waals surface area contributed by atoms with Crippen LogP contribution in [-0.2, 0) is 4.79 Å². The molecular formula is C7H3NO2S. The Kier molecular flexibility index (Phi) is 1.22. The van der Waals surface area contributed by atoms with Gasteiger partial charge in [0.25, 0.3) is 0 Å². The Morgan fingerprint density at radius 1 is 1.27 bits per heavy atom. The van der Waals surface area contributed by atoms with E-state index in [1.165, 1.54) is 6.08 Å². The summed E-state index contributed by atoms with van der Waals surface area (Å²) in [5.41, 5.74) is 0.750. The minimum Gasteiger partial charge on any atom is -0.286 e. The number of aromatic nitrogens is 1. The first-order valence-electron chi connectivity index (χ1n) is 3.00. The van der Waals surface area contributed by atoms with Crippen molar-refractivity contribution in [2.45, 2.75) is 0 Å². The van der Waals surface area contributed by atoms with E-state index in [-0.39, 0.29) is 0 Å². The van der Waals surface area contributed by atoms with Crippen LogP contribution in [0.1, 0.15) is 15.2 Å². The second kappa shape index (κ2) is 2.10. The van der Waals surface area contributed by atoms with E-state index in [0.717, 1.165) is 17.1 Å². The summed E-state index contributed by atoms with van der Waals surface area (Å²) in [6.45, 7) is 0. The second-order valence-corrected chi connectivity index (χ2v) is 2.94. The lowest BCUT2D eigenvalue weighted by Gasteiger charge is -1.98. The van der Waals surface area contributed by atoms with Crippen molar-refractivity contribution in [2.24, 2.45) is 0 Å². The van der Waals surface area contributed by atoms with Gasteiger partial charge >= 0.3 is 0 Å². The molecule has 0 amide bonds. The van der Waals surface area contributed by atoms with E-state index < -0.39 is 11.6 Å². The number of carbonyl (C=O) groups is 2. The first kappa shape index (κ1) is 6.42. The Bertz CT molecular complexity index is 364. The van der Waals surface area contributed by atoms with Gasteiger partial charge in [0.2, 0.25) is 11.6 Å². The summed E-state index contributed by atoms with van der Waals surface area (Å²) in [6.07, 6.45) is 4.47. The summed E-state index contributed by atoms with van der Waals surface area (Å²) >= 11 is 1.07. The van der Waals surface area contributed by atoms with E-state index in [9.17, 15) is 9.59 Å². The molecule has 0 bridgehead atoms. The third kappa shape index (κ3) is 0.832. The molecular weight excluding hydrogens is 162 g/mol. The van der Waals surface area contributed by atoms with Gasteiger partial charge in [0, 0.05) is 11.8 Å². The third-order valence-corrected chi connectivity index (χ3v) is 2.26. The van der Waals surface area contributed by atoms with Gasteiger partial charge in [-0.3, -0.25) is 9.59 Å². The maximum absolute atomic E-state index is 11.0. The van der Waals surface area contributed by atoms with Crippen LogP contribution in [0.15, 0.2) is 12.3 Å². The van der Waals surface area contributed by atoms with E-state index in [1.54, 1.807) is 12.3 Å². The van der Waals surface area contributed by atoms with Crippen molar-refractivity contribution < 1.29 is 9.59 Å². The SMILES string of the molecule is O=C1C=Cc2cnsc2C1=O. The summed E-state index contributed by atoms with van der Waals surface area (Å²) < 4.78 is 3.81. The quantitative estimate of drug-likeness (QED) is 0.537. The van der Waals surface area contributed by atoms with Crippen LogP contribution < -0.4 is 0 Å². The maximum atomic E-state index is 11.0. The fourth-order valence-corrected chi connectivity index (χ4v) is 1.57. The second-order valence-electron chi connectivity index (χ2n) is 2.14. The van der Waals surface area contributed by atoms with Crippen LogP contribution in [-0.4, -0.2) is 15.9 Å². The number of rotatable bonds is 0. The smallest absolute Gasteiger partial charge is 0.245 e. The molecule has 0 atom stereocenters. The number of nitrogens with zero attached hydrogens (tertiary/aromatic N) is 1. The van der Waals surface area contributed by atoms with Crippen LogP contribution in [0.25, 0.3) is 6.08 Å². The Hall–Kier alpha value is -1.29. The molecule has 1 aromatic rings. The van der Waals surface area contributed by atoms with Gasteiger partial charge in [-0.05, 0) is 23.7 Å². The third-order valence-electron chi connectivity index (χ3n) is 1.44. The number of Topliss-reactive ketones (excluding diaryl/α,β-unsaturated/α-hetero) is 1. The summed E-state index contributed by atoms with van der Waals surface area (Å²) in [7, 11) is 0. The van der Waals surface area contributed by atoms with Gasteiger partial charge in [-0.15, -0.1) is 0 Å². The number of allylic oxidation sites excluding steroid dienone is 1. The van der Waals surface area contributed by atoms with E-state index in [0.29, 0.717) is 4.88 Å². The molecule has 1 aliphatic rings. The Morgan fingerprint density at radius 2 is 2.09 bits per heavy atom. The molecule has 1 aromatic heterocycles. The van der Waals surface area contributed by atoms with Gasteiger partial charge in [0.05, 0.1) is 0 Å². The average molecular weight is 165 g/mol. The van der Waals surface area contributed by atoms with Crippen molar-refractivity contribution in [3.8, 4) is 0 Å². The molecule has 0 radical (unpaired) electrons. The topological polar surface area (TPSA) is 47.0 Å². The predicted octanol–water partition coefficient (Wildman–Crippen LogP) is 0.922. The zero-order valence-electron chi connectivity index (χ0n) is 5.40. The van der Waals surface area contributed by atoms with Crippen LogP contribution in [0.2, 0.25) is 0 Å². The van der Waals surface area contributed by atoms with Gasteiger partial charge in [-0.25, -0.2) is 0 Å². The summed E-state index contributed by atoms with van der Waals surface area (Å²) in [6, 6.07) is 0. The van der Waals surface area contributed by atoms with Crippen molar-refractivity contribution in [2.75, 3.05) is 0 Å². The van der Waals surface area contributed by atoms with Gasteiger partial charge in [-0.1, -0.05) is 0 Å². The van der Waals surface area contributed by atoms with Gasteiger partial charge in [0.1, 0.15) is 4.88 Å². The van der Waals surface area contributed by atoms with Crippen LogP contribution in [0.4, 0.5) is 0 Å². The Morgan fingerprint density at radius 3 is 2.91 bits per heavy atom. The standard InChI is InChI=1S/C7H3NO2S/c9-5-2-1-4-3-8-11-7(4)6(5)10/h1-3H. The largest absolute Gasteiger partial charge is 0.286 e. The Labute approximate surface area is 66.5 Å². The molecule has 0 N–H and O–H groups in total. The molecule has 0 aliphatic heterocycles. The monoisotopic (exact) mass is 165 g/mol. The lowest BCUT2D eigenvalue weighted by atomic mass is 10.1. The van der Waals surface area contributed by atoms with E-state index in [1.807, 2.05) is 0 Å². The maximum Gasteiger partial charge on any atom is 0.245 e.